The molecule has 5 nitrogen and oxygen atoms in total. The molecule has 0 N–H and O–H groups in total. The Morgan fingerprint density at radius 3 is 2.58 bits per heavy atom. The zero-order valence-electron chi connectivity index (χ0n) is 12.6. The van der Waals surface area contributed by atoms with Gasteiger partial charge in [0.05, 0.1) is 0 Å². The molecule has 5 heteroatoms. The van der Waals surface area contributed by atoms with Crippen LogP contribution in [0.15, 0.2) is 77.7 Å². The largest absolute Gasteiger partial charge is 0.443 e. The Labute approximate surface area is 137 Å². The van der Waals surface area contributed by atoms with Gasteiger partial charge >= 0.3 is 0 Å². The minimum absolute atomic E-state index is 0.737. The van der Waals surface area contributed by atoms with Gasteiger partial charge in [0.1, 0.15) is 5.69 Å². The number of pyridine rings is 1. The third kappa shape index (κ3) is 1.91. The average Bonchev–Trinajstić information content (AvgIpc) is 3.21. The molecule has 0 aliphatic heterocycles. The first-order chi connectivity index (χ1) is 11.9. The minimum atomic E-state index is 0.737. The van der Waals surface area contributed by atoms with Gasteiger partial charge in [-0.05, 0) is 12.1 Å². The van der Waals surface area contributed by atoms with Gasteiger partial charge in [-0.3, -0.25) is 4.40 Å². The quantitative estimate of drug-likeness (QED) is 0.573. The average molecular weight is 312 g/mol. The number of nitrogens with zero attached hydrogens (tertiary/aromatic N) is 4. The molecule has 0 saturated heterocycles. The van der Waals surface area contributed by atoms with Crippen LogP contribution in [0.3, 0.4) is 0 Å². The first-order valence-corrected chi connectivity index (χ1v) is 7.63. The highest BCUT2D eigenvalue weighted by atomic mass is 16.3. The van der Waals surface area contributed by atoms with Crippen molar-refractivity contribution in [3.8, 4) is 22.6 Å². The molecule has 0 amide bonds. The molecule has 3 heterocycles. The Kier molecular flexibility index (Phi) is 2.72. The van der Waals surface area contributed by atoms with E-state index in [-0.39, 0.29) is 0 Å². The van der Waals surface area contributed by atoms with E-state index in [1.54, 1.807) is 0 Å². The summed E-state index contributed by atoms with van der Waals surface area (Å²) in [5.41, 5.74) is 4.65. The number of hydrogen-bond acceptors (Lipinski definition) is 4. The van der Waals surface area contributed by atoms with Crippen LogP contribution in [0.4, 0.5) is 0 Å². The normalized spacial score (nSPS) is 13.1. The number of oxazole rings is 1. The van der Waals surface area contributed by atoms with Crippen LogP contribution in [0.2, 0.25) is 0 Å². The van der Waals surface area contributed by atoms with Gasteiger partial charge in [0.2, 0.25) is 0 Å². The van der Waals surface area contributed by atoms with E-state index in [0.717, 1.165) is 39.6 Å². The Bertz CT molecular complexity index is 1100. The number of benzene rings is 1. The van der Waals surface area contributed by atoms with Crippen molar-refractivity contribution < 1.29 is 4.42 Å². The van der Waals surface area contributed by atoms with Crippen molar-refractivity contribution in [2.24, 2.45) is 0 Å². The van der Waals surface area contributed by atoms with Crippen LogP contribution in [-0.2, 0) is 0 Å². The van der Waals surface area contributed by atoms with Gasteiger partial charge in [0.15, 0.2) is 23.6 Å². The maximum absolute atomic E-state index is 5.68. The lowest BCUT2D eigenvalue weighted by Gasteiger charge is -2.07. The Hall–Kier alpha value is -3.47. The zero-order chi connectivity index (χ0) is 15.9. The second-order valence-electron chi connectivity index (χ2n) is 5.55. The topological polar surface area (TPSA) is 56.2 Å². The molecule has 114 valence electrons. The molecule has 0 radical (unpaired) electrons. The summed E-state index contributed by atoms with van der Waals surface area (Å²) >= 11 is 0. The van der Waals surface area contributed by atoms with Crippen molar-refractivity contribution >= 4 is 11.2 Å². The highest BCUT2D eigenvalue weighted by Crippen LogP contribution is 2.31. The molecular weight excluding hydrogens is 300 g/mol. The molecule has 0 spiro atoms. The lowest BCUT2D eigenvalue weighted by atomic mass is 10.1. The summed E-state index contributed by atoms with van der Waals surface area (Å²) in [5, 5.41) is 8.48. The maximum atomic E-state index is 5.68. The van der Waals surface area contributed by atoms with Crippen molar-refractivity contribution in [3.63, 3.8) is 0 Å². The van der Waals surface area contributed by atoms with Crippen molar-refractivity contribution in [2.75, 3.05) is 0 Å². The second kappa shape index (κ2) is 5.03. The fourth-order valence-electron chi connectivity index (χ4n) is 2.82. The van der Waals surface area contributed by atoms with Gasteiger partial charge in [0.25, 0.3) is 0 Å². The molecule has 3 aromatic heterocycles. The van der Waals surface area contributed by atoms with Crippen LogP contribution in [-0.4, -0.2) is 19.6 Å². The first kappa shape index (κ1) is 13.0. The SMILES string of the molecule is C1=CC(c2nnc3ccc(-c4ocnc4-c4ccccc4)cn23)=C1. The van der Waals surface area contributed by atoms with E-state index < -0.39 is 0 Å². The molecule has 0 atom stereocenters. The van der Waals surface area contributed by atoms with Crippen LogP contribution < -0.4 is 0 Å². The molecule has 1 aliphatic carbocycles. The van der Waals surface area contributed by atoms with Crippen LogP contribution in [0.5, 0.6) is 0 Å². The number of aromatic nitrogens is 4. The summed E-state index contributed by atoms with van der Waals surface area (Å²) in [4.78, 5) is 4.39. The van der Waals surface area contributed by atoms with Gasteiger partial charge in [-0.25, -0.2) is 4.98 Å². The van der Waals surface area contributed by atoms with E-state index in [2.05, 4.69) is 15.2 Å². The van der Waals surface area contributed by atoms with E-state index in [1.165, 1.54) is 6.39 Å². The van der Waals surface area contributed by atoms with Gasteiger partial charge in [-0.2, -0.15) is 0 Å². The minimum Gasteiger partial charge on any atom is -0.443 e. The third-order valence-electron chi connectivity index (χ3n) is 4.09. The van der Waals surface area contributed by atoms with Gasteiger partial charge in [0, 0.05) is 22.9 Å². The molecular formula is C19H12N4O. The molecule has 1 aliphatic rings. The van der Waals surface area contributed by atoms with E-state index >= 15 is 0 Å². The fraction of sp³-hybridized carbons (Fsp3) is 0. The summed E-state index contributed by atoms with van der Waals surface area (Å²) in [6, 6.07) is 13.9. The number of fused-ring (bicyclic) bond motifs is 1. The smallest absolute Gasteiger partial charge is 0.182 e. The summed E-state index contributed by atoms with van der Waals surface area (Å²) in [7, 11) is 0. The number of allylic oxidation sites excluding steroid dienone is 4. The molecule has 5 rings (SSSR count). The van der Waals surface area contributed by atoms with Crippen LogP contribution in [0.25, 0.3) is 33.8 Å². The van der Waals surface area contributed by atoms with E-state index in [4.69, 9.17) is 4.42 Å². The zero-order valence-corrected chi connectivity index (χ0v) is 12.6. The van der Waals surface area contributed by atoms with Crippen molar-refractivity contribution in [2.45, 2.75) is 0 Å². The molecule has 4 aromatic rings. The maximum Gasteiger partial charge on any atom is 0.182 e. The highest BCUT2D eigenvalue weighted by molar-refractivity contribution is 5.80. The Balaban J connectivity index is 1.67. The molecule has 1 aromatic carbocycles. The summed E-state index contributed by atoms with van der Waals surface area (Å²) in [5.74, 6) is 1.57. The molecule has 24 heavy (non-hydrogen) atoms. The monoisotopic (exact) mass is 312 g/mol. The van der Waals surface area contributed by atoms with Gasteiger partial charge in [-0.1, -0.05) is 48.6 Å². The fourth-order valence-corrected chi connectivity index (χ4v) is 2.82. The summed E-state index contributed by atoms with van der Waals surface area (Å²) in [6.07, 6.45) is 9.50. The Morgan fingerprint density at radius 2 is 1.79 bits per heavy atom. The highest BCUT2D eigenvalue weighted by Gasteiger charge is 2.16. The third-order valence-corrected chi connectivity index (χ3v) is 4.09. The summed E-state index contributed by atoms with van der Waals surface area (Å²) < 4.78 is 7.65. The van der Waals surface area contributed by atoms with Gasteiger partial charge in [-0.15, -0.1) is 10.2 Å². The van der Waals surface area contributed by atoms with Crippen molar-refractivity contribution in [1.82, 2.24) is 19.6 Å². The van der Waals surface area contributed by atoms with Gasteiger partial charge < -0.3 is 4.42 Å². The predicted octanol–water partition coefficient (Wildman–Crippen LogP) is 4.00. The van der Waals surface area contributed by atoms with Crippen molar-refractivity contribution in [3.05, 3.63) is 79.1 Å². The molecule has 0 saturated carbocycles. The molecule has 0 bridgehead atoms. The molecule has 0 unspecified atom stereocenters. The second-order valence-corrected chi connectivity index (χ2v) is 5.55. The lowest BCUT2D eigenvalue weighted by molar-refractivity contribution is 0.572. The van der Waals surface area contributed by atoms with Crippen LogP contribution in [0.1, 0.15) is 5.82 Å². The van der Waals surface area contributed by atoms with E-state index in [0.29, 0.717) is 0 Å². The van der Waals surface area contributed by atoms with Crippen LogP contribution in [0, 0.1) is 0 Å². The Morgan fingerprint density at radius 1 is 0.917 bits per heavy atom. The van der Waals surface area contributed by atoms with E-state index in [1.807, 2.05) is 71.3 Å². The standard InChI is InChI=1S/C19H12N4O/c1-2-5-13(6-3-1)17-18(24-12-20-17)15-9-10-16-21-22-19(23(16)11-15)14-7-4-8-14/h1-12H. The predicted molar refractivity (Wildman–Crippen MR) is 91.0 cm³/mol. The van der Waals surface area contributed by atoms with Crippen LogP contribution >= 0.6 is 0 Å². The van der Waals surface area contributed by atoms with Crippen molar-refractivity contribution in [1.29, 1.82) is 0 Å². The summed E-state index contributed by atoms with van der Waals surface area (Å²) in [6.45, 7) is 0. The number of hydrogen-bond donors (Lipinski definition) is 0. The van der Waals surface area contributed by atoms with E-state index in [9.17, 15) is 0 Å². The molecule has 0 fully saturated rings. The first-order valence-electron chi connectivity index (χ1n) is 7.63. The number of rotatable bonds is 3. The lowest BCUT2D eigenvalue weighted by Crippen LogP contribution is -1.96.